The van der Waals surface area contributed by atoms with Crippen LogP contribution in [-0.2, 0) is 22.4 Å². The molecule has 1 N–H and O–H groups in total. The van der Waals surface area contributed by atoms with Gasteiger partial charge in [-0.3, -0.25) is 14.4 Å². The minimum Gasteiger partial charge on any atom is -0.481 e. The maximum Gasteiger partial charge on any atom is 0.310 e. The molecule has 7 nitrogen and oxygen atoms in total. The molecule has 1 saturated heterocycles. The number of carboxylic acids is 1. The number of carbonyl (C=O) groups excluding carboxylic acids is 2. The number of ketones is 1. The van der Waals surface area contributed by atoms with Crippen molar-refractivity contribution in [3.05, 3.63) is 118 Å². The third-order valence-electron chi connectivity index (χ3n) is 9.25. The Hall–Kier alpha value is -5.02. The molecule has 0 spiro atoms. The second-order valence-electron chi connectivity index (χ2n) is 13.3. The minimum atomic E-state index is -0.917. The van der Waals surface area contributed by atoms with Gasteiger partial charge in [0.15, 0.2) is 11.6 Å². The van der Waals surface area contributed by atoms with Gasteiger partial charge in [-0.05, 0) is 59.2 Å². The van der Waals surface area contributed by atoms with Crippen LogP contribution in [0.1, 0.15) is 65.2 Å². The number of likely N-dealkylation sites (tertiary alicyclic amines) is 1. The number of halogens is 1. The number of nitrogens with zero attached hydrogens (tertiary/aromatic N) is 3. The van der Waals surface area contributed by atoms with E-state index in [1.807, 2.05) is 54.6 Å². The first-order valence-electron chi connectivity index (χ1n) is 17.0. The third-order valence-corrected chi connectivity index (χ3v) is 10.7. The van der Waals surface area contributed by atoms with Crippen molar-refractivity contribution in [1.82, 2.24) is 14.9 Å². The van der Waals surface area contributed by atoms with Crippen LogP contribution in [0.4, 0.5) is 4.39 Å². The van der Waals surface area contributed by atoms with Crippen molar-refractivity contribution in [3.8, 4) is 33.6 Å². The number of aryl methyl sites for hydroxylation is 1. The van der Waals surface area contributed by atoms with Gasteiger partial charge >= 0.3 is 5.97 Å². The Bertz CT molecular complexity index is 1980. The molecule has 3 heterocycles. The van der Waals surface area contributed by atoms with Crippen molar-refractivity contribution in [1.29, 1.82) is 0 Å². The van der Waals surface area contributed by atoms with Gasteiger partial charge < -0.3 is 10.0 Å². The molecule has 1 atom stereocenters. The molecule has 6 rings (SSSR count). The van der Waals surface area contributed by atoms with Gasteiger partial charge in [0, 0.05) is 59.4 Å². The van der Waals surface area contributed by atoms with Crippen LogP contribution >= 0.6 is 11.3 Å². The van der Waals surface area contributed by atoms with E-state index >= 15 is 4.39 Å². The number of thiophene rings is 1. The van der Waals surface area contributed by atoms with Crippen LogP contribution in [0.2, 0.25) is 0 Å². The lowest BCUT2D eigenvalue weighted by Gasteiger charge is -2.38. The summed E-state index contributed by atoms with van der Waals surface area (Å²) < 4.78 is 15.3. The summed E-state index contributed by atoms with van der Waals surface area (Å²) in [6, 6.07) is 24.7. The summed E-state index contributed by atoms with van der Waals surface area (Å²) in [6.07, 6.45) is 5.69. The molecule has 0 bridgehead atoms. The number of hydrogen-bond acceptors (Lipinski definition) is 6. The number of benzene rings is 3. The van der Waals surface area contributed by atoms with E-state index in [0.29, 0.717) is 34.2 Å². The predicted molar refractivity (Wildman–Crippen MR) is 195 cm³/mol. The topological polar surface area (TPSA) is 100 Å². The van der Waals surface area contributed by atoms with E-state index in [-0.39, 0.29) is 37.0 Å². The lowest BCUT2D eigenvalue weighted by molar-refractivity contribution is -0.154. The molecule has 0 radical (unpaired) electrons. The number of Topliss-reactive ketones (excluding diaryl/α,β-unsaturated/α-hetero) is 1. The van der Waals surface area contributed by atoms with E-state index in [1.165, 1.54) is 27.9 Å². The second-order valence-corrected chi connectivity index (χ2v) is 14.4. The van der Waals surface area contributed by atoms with Crippen LogP contribution in [0, 0.1) is 17.7 Å². The third kappa shape index (κ3) is 7.89. The zero-order valence-electron chi connectivity index (χ0n) is 28.4. The van der Waals surface area contributed by atoms with Gasteiger partial charge in [-0.25, -0.2) is 14.4 Å². The summed E-state index contributed by atoms with van der Waals surface area (Å²) in [5.41, 5.74) is 5.64. The lowest BCUT2D eigenvalue weighted by Crippen LogP contribution is -2.55. The highest BCUT2D eigenvalue weighted by Crippen LogP contribution is 2.31. The molecule has 1 aliphatic heterocycles. The quantitative estimate of drug-likeness (QED) is 0.124. The summed E-state index contributed by atoms with van der Waals surface area (Å²) in [5, 5.41) is 9.30. The average Bonchev–Trinajstić information content (AvgIpc) is 3.60. The predicted octanol–water partition coefficient (Wildman–Crippen LogP) is 8.73. The molecular formula is C41H40FN3O4S. The number of aliphatic carboxylic acids is 1. The van der Waals surface area contributed by atoms with E-state index < -0.39 is 17.8 Å². The van der Waals surface area contributed by atoms with Crippen molar-refractivity contribution >= 4 is 29.0 Å². The lowest BCUT2D eigenvalue weighted by atomic mass is 9.89. The summed E-state index contributed by atoms with van der Waals surface area (Å²) in [7, 11) is 0. The first-order chi connectivity index (χ1) is 24.1. The fourth-order valence-electron chi connectivity index (χ4n) is 6.23. The molecule has 1 fully saturated rings. The van der Waals surface area contributed by atoms with Gasteiger partial charge in [0.1, 0.15) is 5.82 Å². The Morgan fingerprint density at radius 3 is 2.10 bits per heavy atom. The Morgan fingerprint density at radius 2 is 1.50 bits per heavy atom. The number of hydrogen-bond donors (Lipinski definition) is 1. The van der Waals surface area contributed by atoms with Crippen LogP contribution in [0.15, 0.2) is 91.3 Å². The Balaban J connectivity index is 1.14. The molecule has 0 unspecified atom stereocenters. The summed E-state index contributed by atoms with van der Waals surface area (Å²) in [5.74, 6) is -1.97. The molecule has 9 heteroatoms. The number of aromatic nitrogens is 2. The summed E-state index contributed by atoms with van der Waals surface area (Å²) in [6.45, 7) is 6.60. The van der Waals surface area contributed by atoms with Crippen LogP contribution in [0.3, 0.4) is 0 Å². The highest BCUT2D eigenvalue weighted by Gasteiger charge is 2.39. The minimum absolute atomic E-state index is 0.0419. The molecule has 256 valence electrons. The zero-order chi connectivity index (χ0) is 35.4. The van der Waals surface area contributed by atoms with E-state index in [2.05, 4.69) is 42.9 Å². The molecule has 5 aromatic rings. The van der Waals surface area contributed by atoms with Crippen molar-refractivity contribution in [2.24, 2.45) is 11.8 Å². The van der Waals surface area contributed by atoms with Crippen molar-refractivity contribution in [2.45, 2.75) is 52.4 Å². The maximum atomic E-state index is 15.3. The fraction of sp³-hybridized carbons (Fsp3) is 0.293. The van der Waals surface area contributed by atoms with E-state index in [4.69, 9.17) is 0 Å². The monoisotopic (exact) mass is 689 g/mol. The second kappa shape index (κ2) is 15.3. The molecule has 1 amide bonds. The maximum absolute atomic E-state index is 15.3. The molecular weight excluding hydrogens is 650 g/mol. The smallest absolute Gasteiger partial charge is 0.310 e. The van der Waals surface area contributed by atoms with E-state index in [0.717, 1.165) is 40.0 Å². The van der Waals surface area contributed by atoms with Crippen LogP contribution in [-0.4, -0.2) is 50.7 Å². The van der Waals surface area contributed by atoms with Gasteiger partial charge in [-0.1, -0.05) is 87.9 Å². The van der Waals surface area contributed by atoms with Crippen LogP contribution in [0.25, 0.3) is 33.6 Å². The average molecular weight is 690 g/mol. The number of amides is 1. The van der Waals surface area contributed by atoms with Crippen LogP contribution < -0.4 is 0 Å². The standard InChI is InChI=1S/C41H40FN3O4S/c1-4-5-26-6-10-28(11-7-26)30-14-15-34(35(42)19-30)32-21-43-39(44-22-32)29-12-8-27(9-13-29)18-31(40(47)45-23-33(24-45)41(48)49)20-36(46)38-17-16-37(50-38)25(2)3/h6-17,19,21-22,25,31,33H,4-5,18,20,23-24H2,1-3H3,(H,48,49)/t31-/m1/s1. The number of carbonyl (C=O) groups is 3. The Kier molecular flexibility index (Phi) is 10.6. The molecule has 50 heavy (non-hydrogen) atoms. The Labute approximate surface area is 295 Å². The molecule has 1 aliphatic rings. The number of rotatable bonds is 13. The van der Waals surface area contributed by atoms with Gasteiger partial charge in [0.05, 0.1) is 10.8 Å². The van der Waals surface area contributed by atoms with E-state index in [1.54, 1.807) is 18.5 Å². The Morgan fingerprint density at radius 1 is 0.860 bits per heavy atom. The highest BCUT2D eigenvalue weighted by molar-refractivity contribution is 7.14. The van der Waals surface area contributed by atoms with Gasteiger partial charge in [-0.15, -0.1) is 11.3 Å². The van der Waals surface area contributed by atoms with E-state index in [9.17, 15) is 19.5 Å². The normalized spacial score (nSPS) is 13.7. The molecule has 2 aromatic heterocycles. The fourth-order valence-corrected chi connectivity index (χ4v) is 7.19. The number of carboxylic acid groups (broad SMARTS) is 1. The molecule has 3 aromatic carbocycles. The van der Waals surface area contributed by atoms with Gasteiger partial charge in [0.2, 0.25) is 5.91 Å². The van der Waals surface area contributed by atoms with Crippen molar-refractivity contribution in [3.63, 3.8) is 0 Å². The van der Waals surface area contributed by atoms with Crippen molar-refractivity contribution < 1.29 is 23.9 Å². The first-order valence-corrected chi connectivity index (χ1v) is 17.9. The first kappa shape index (κ1) is 34.8. The van der Waals surface area contributed by atoms with Crippen LogP contribution in [0.5, 0.6) is 0 Å². The molecule has 0 saturated carbocycles. The summed E-state index contributed by atoms with van der Waals surface area (Å²) >= 11 is 1.46. The summed E-state index contributed by atoms with van der Waals surface area (Å²) in [4.78, 5) is 50.5. The molecule has 0 aliphatic carbocycles. The highest BCUT2D eigenvalue weighted by atomic mass is 32.1. The zero-order valence-corrected chi connectivity index (χ0v) is 29.3. The largest absolute Gasteiger partial charge is 0.481 e. The SMILES string of the molecule is CCCc1ccc(-c2ccc(-c3cnc(-c4ccc(C[C@H](CC(=O)c5ccc(C(C)C)s5)C(=O)N5CC(C(=O)O)C5)cc4)nc3)c(F)c2)cc1. The van der Waals surface area contributed by atoms with Crippen molar-refractivity contribution in [2.75, 3.05) is 13.1 Å². The van der Waals surface area contributed by atoms with Gasteiger partial charge in [0.25, 0.3) is 0 Å². The van der Waals surface area contributed by atoms with Gasteiger partial charge in [-0.2, -0.15) is 0 Å².